The number of aliphatic hydroxyl groups is 1. The molecule has 2 unspecified atom stereocenters. The van der Waals surface area contributed by atoms with E-state index in [1.165, 1.54) is 58.0 Å². The van der Waals surface area contributed by atoms with Crippen LogP contribution in [0.25, 0.3) is 0 Å². The van der Waals surface area contributed by atoms with Crippen molar-refractivity contribution in [2.75, 3.05) is 59.1 Å². The van der Waals surface area contributed by atoms with E-state index in [9.17, 15) is 4.79 Å². The lowest BCUT2D eigenvalue weighted by Crippen LogP contribution is -2.52. The van der Waals surface area contributed by atoms with Crippen LogP contribution in [0.2, 0.25) is 0 Å². The Morgan fingerprint density at radius 2 is 1.81 bits per heavy atom. The zero-order valence-corrected chi connectivity index (χ0v) is 18.0. The van der Waals surface area contributed by atoms with Gasteiger partial charge in [-0.05, 0) is 71.9 Å². The average molecular weight is 386 g/mol. The second kappa shape index (κ2) is 15.4. The summed E-state index contributed by atoms with van der Waals surface area (Å²) < 4.78 is 6.40. The standard InChI is InChI=1S/C22H45N2O3/c1-3-27-21-18-24(17-20-26,16-10-11-19-25)15-9-5-4-7-13-23-14-8-6-12-22(23)2/h20,22,25H,3-19,21H2,1-2H3/q+1. The third kappa shape index (κ3) is 10.6. The largest absolute Gasteiger partial charge is 0.396 e. The molecule has 1 fully saturated rings. The molecule has 0 bridgehead atoms. The fraction of sp³-hybridized carbons (Fsp3) is 0.955. The van der Waals surface area contributed by atoms with Crippen molar-refractivity contribution in [1.82, 2.24) is 4.90 Å². The minimum absolute atomic E-state index is 0.238. The number of hydrogen-bond donors (Lipinski definition) is 1. The Hall–Kier alpha value is -0.490. The molecule has 0 amide bonds. The van der Waals surface area contributed by atoms with Gasteiger partial charge in [0, 0.05) is 19.3 Å². The van der Waals surface area contributed by atoms with Crippen molar-refractivity contribution in [1.29, 1.82) is 0 Å². The molecule has 5 heteroatoms. The highest BCUT2D eigenvalue weighted by molar-refractivity contribution is 5.50. The first-order valence-electron chi connectivity index (χ1n) is 11.4. The van der Waals surface area contributed by atoms with E-state index in [1.807, 2.05) is 6.92 Å². The van der Waals surface area contributed by atoms with Crippen molar-refractivity contribution in [2.45, 2.75) is 77.7 Å². The molecule has 0 aromatic heterocycles. The smallest absolute Gasteiger partial charge is 0.174 e. The molecule has 5 nitrogen and oxygen atoms in total. The minimum atomic E-state index is 0.238. The second-order valence-corrected chi connectivity index (χ2v) is 8.28. The molecule has 1 rings (SSSR count). The van der Waals surface area contributed by atoms with Crippen molar-refractivity contribution < 1.29 is 19.1 Å². The van der Waals surface area contributed by atoms with E-state index in [1.54, 1.807) is 0 Å². The summed E-state index contributed by atoms with van der Waals surface area (Å²) in [7, 11) is 0. The van der Waals surface area contributed by atoms with Crippen molar-refractivity contribution in [3.63, 3.8) is 0 Å². The quantitative estimate of drug-likeness (QED) is 0.237. The van der Waals surface area contributed by atoms with Gasteiger partial charge >= 0.3 is 0 Å². The molecule has 1 N–H and O–H groups in total. The van der Waals surface area contributed by atoms with Crippen LogP contribution in [0.5, 0.6) is 0 Å². The molecular formula is C22H45N2O3+. The van der Waals surface area contributed by atoms with Gasteiger partial charge in [0.25, 0.3) is 0 Å². The molecule has 160 valence electrons. The fourth-order valence-corrected chi connectivity index (χ4v) is 4.33. The molecule has 27 heavy (non-hydrogen) atoms. The van der Waals surface area contributed by atoms with Crippen LogP contribution in [0.15, 0.2) is 0 Å². The number of quaternary nitrogens is 1. The monoisotopic (exact) mass is 385 g/mol. The van der Waals surface area contributed by atoms with E-state index >= 15 is 0 Å². The van der Waals surface area contributed by atoms with Crippen molar-refractivity contribution in [2.24, 2.45) is 0 Å². The highest BCUT2D eigenvalue weighted by atomic mass is 16.5. The number of piperidine rings is 1. The van der Waals surface area contributed by atoms with E-state index in [2.05, 4.69) is 11.8 Å². The number of aliphatic hydroxyl groups excluding tert-OH is 1. The molecule has 1 aliphatic heterocycles. The summed E-state index contributed by atoms with van der Waals surface area (Å²) >= 11 is 0. The van der Waals surface area contributed by atoms with Crippen LogP contribution in [-0.4, -0.2) is 85.9 Å². The second-order valence-electron chi connectivity index (χ2n) is 8.28. The number of aldehydes is 1. The third-order valence-electron chi connectivity index (χ3n) is 6.18. The van der Waals surface area contributed by atoms with Gasteiger partial charge in [0.15, 0.2) is 6.29 Å². The van der Waals surface area contributed by atoms with Crippen LogP contribution in [0, 0.1) is 0 Å². The summed E-state index contributed by atoms with van der Waals surface area (Å²) in [5.74, 6) is 0. The number of carbonyl (C=O) groups excluding carboxylic acids is 1. The highest BCUT2D eigenvalue weighted by Crippen LogP contribution is 2.18. The summed E-state index contributed by atoms with van der Waals surface area (Å²) in [4.78, 5) is 14.0. The van der Waals surface area contributed by atoms with Gasteiger partial charge in [-0.2, -0.15) is 0 Å². The summed E-state index contributed by atoms with van der Waals surface area (Å²) in [5, 5.41) is 9.10. The van der Waals surface area contributed by atoms with Gasteiger partial charge in [0.2, 0.25) is 0 Å². The average Bonchev–Trinajstić information content (AvgIpc) is 2.66. The molecule has 1 heterocycles. The van der Waals surface area contributed by atoms with Gasteiger partial charge in [-0.25, -0.2) is 0 Å². The molecular weight excluding hydrogens is 340 g/mol. The van der Waals surface area contributed by atoms with Gasteiger partial charge in [-0.3, -0.25) is 4.79 Å². The molecule has 0 saturated carbocycles. The SMILES string of the molecule is CCOCC[N+](CC=O)(CCCCO)CCCCCCN1CCCCC1C. The Morgan fingerprint density at radius 3 is 2.48 bits per heavy atom. The highest BCUT2D eigenvalue weighted by Gasteiger charge is 2.26. The lowest BCUT2D eigenvalue weighted by Gasteiger charge is -2.37. The lowest BCUT2D eigenvalue weighted by atomic mass is 10.0. The zero-order valence-electron chi connectivity index (χ0n) is 18.0. The van der Waals surface area contributed by atoms with Crippen LogP contribution in [0.4, 0.5) is 0 Å². The molecule has 0 aromatic carbocycles. The fourth-order valence-electron chi connectivity index (χ4n) is 4.33. The number of ether oxygens (including phenoxy) is 1. The number of unbranched alkanes of at least 4 members (excludes halogenated alkanes) is 4. The van der Waals surface area contributed by atoms with E-state index in [0.717, 1.165) is 62.5 Å². The van der Waals surface area contributed by atoms with E-state index < -0.39 is 0 Å². The van der Waals surface area contributed by atoms with Gasteiger partial charge < -0.3 is 19.2 Å². The molecule has 1 saturated heterocycles. The molecule has 2 atom stereocenters. The minimum Gasteiger partial charge on any atom is -0.396 e. The van der Waals surface area contributed by atoms with Crippen molar-refractivity contribution in [3.05, 3.63) is 0 Å². The Bertz CT molecular complexity index is 355. The number of rotatable bonds is 17. The van der Waals surface area contributed by atoms with Crippen LogP contribution in [0.3, 0.4) is 0 Å². The molecule has 0 radical (unpaired) electrons. The van der Waals surface area contributed by atoms with Gasteiger partial charge in [0.1, 0.15) is 13.1 Å². The molecule has 0 spiro atoms. The summed E-state index contributed by atoms with van der Waals surface area (Å²) in [5.41, 5.74) is 0. The van der Waals surface area contributed by atoms with Crippen LogP contribution in [-0.2, 0) is 9.53 Å². The molecule has 1 aliphatic rings. The maximum absolute atomic E-state index is 11.3. The van der Waals surface area contributed by atoms with Gasteiger partial charge in [-0.1, -0.05) is 12.8 Å². The predicted octanol–water partition coefficient (Wildman–Crippen LogP) is 3.25. The maximum atomic E-state index is 11.3. The van der Waals surface area contributed by atoms with E-state index in [0.29, 0.717) is 6.54 Å². The van der Waals surface area contributed by atoms with Gasteiger partial charge in [-0.15, -0.1) is 0 Å². The van der Waals surface area contributed by atoms with Crippen molar-refractivity contribution >= 4 is 6.29 Å². The lowest BCUT2D eigenvalue weighted by molar-refractivity contribution is -0.920. The van der Waals surface area contributed by atoms with E-state index in [-0.39, 0.29) is 6.61 Å². The number of nitrogens with zero attached hydrogens (tertiary/aromatic N) is 2. The normalized spacial score (nSPS) is 20.5. The van der Waals surface area contributed by atoms with E-state index in [4.69, 9.17) is 9.84 Å². The van der Waals surface area contributed by atoms with Gasteiger partial charge in [0.05, 0.1) is 19.7 Å². The molecule has 0 aliphatic carbocycles. The first-order valence-corrected chi connectivity index (χ1v) is 11.4. The zero-order chi connectivity index (χ0) is 19.8. The Morgan fingerprint density at radius 1 is 1.07 bits per heavy atom. The Labute approximate surface area is 167 Å². The third-order valence-corrected chi connectivity index (χ3v) is 6.18. The predicted molar refractivity (Wildman–Crippen MR) is 112 cm³/mol. The van der Waals surface area contributed by atoms with Crippen molar-refractivity contribution in [3.8, 4) is 0 Å². The molecule has 0 aromatic rings. The number of likely N-dealkylation sites (tertiary alicyclic amines) is 1. The number of carbonyl (C=O) groups is 1. The topological polar surface area (TPSA) is 49.8 Å². The summed E-state index contributed by atoms with van der Waals surface area (Å²) in [6.45, 7) is 12.1. The van der Waals surface area contributed by atoms with Crippen LogP contribution < -0.4 is 0 Å². The first-order chi connectivity index (χ1) is 13.2. The number of hydrogen-bond acceptors (Lipinski definition) is 4. The maximum Gasteiger partial charge on any atom is 0.174 e. The summed E-state index contributed by atoms with van der Waals surface area (Å²) in [6, 6.07) is 0.765. The van der Waals surface area contributed by atoms with Crippen LogP contribution in [0.1, 0.15) is 71.6 Å². The van der Waals surface area contributed by atoms with Crippen LogP contribution >= 0.6 is 0 Å². The summed E-state index contributed by atoms with van der Waals surface area (Å²) in [6.07, 6.45) is 12.0. The first kappa shape index (κ1) is 24.5. The Kier molecular flexibility index (Phi) is 14.0. The Balaban J connectivity index is 2.33.